The van der Waals surface area contributed by atoms with Crippen molar-refractivity contribution in [2.75, 3.05) is 14.2 Å². The highest BCUT2D eigenvalue weighted by Crippen LogP contribution is 2.21. The van der Waals surface area contributed by atoms with Crippen molar-refractivity contribution in [3.8, 4) is 6.07 Å². The lowest BCUT2D eigenvalue weighted by Crippen LogP contribution is -2.42. The normalized spacial score (nSPS) is 29.5. The molecule has 1 aliphatic rings. The van der Waals surface area contributed by atoms with E-state index in [0.29, 0.717) is 5.70 Å². The molecule has 0 aromatic carbocycles. The molecule has 0 fully saturated rings. The van der Waals surface area contributed by atoms with Gasteiger partial charge >= 0.3 is 0 Å². The Morgan fingerprint density at radius 2 is 2.50 bits per heavy atom. The van der Waals surface area contributed by atoms with Gasteiger partial charge < -0.3 is 9.64 Å². The number of rotatable bonds is 1. The summed E-state index contributed by atoms with van der Waals surface area (Å²) in [5, 5.41) is 8.62. The van der Waals surface area contributed by atoms with E-state index in [-0.39, 0.29) is 6.42 Å². The third-order valence-corrected chi connectivity index (χ3v) is 1.96. The molecule has 0 saturated heterocycles. The van der Waals surface area contributed by atoms with E-state index in [1.807, 2.05) is 6.07 Å². The lowest BCUT2D eigenvalue weighted by atomic mass is 10.1. The molecule has 0 aromatic rings. The maximum absolute atomic E-state index is 13.1. The predicted octanol–water partition coefficient (Wildman–Crippen LogP) is 1.04. The number of alkyl halides is 1. The van der Waals surface area contributed by atoms with E-state index in [1.54, 1.807) is 13.1 Å². The number of halogens is 1. The molecule has 1 aliphatic heterocycles. The molecule has 1 rings (SSSR count). The van der Waals surface area contributed by atoms with Crippen LogP contribution in [0.25, 0.3) is 0 Å². The maximum atomic E-state index is 13.1. The van der Waals surface area contributed by atoms with Gasteiger partial charge in [0.25, 0.3) is 0 Å². The van der Waals surface area contributed by atoms with E-state index in [4.69, 9.17) is 10.00 Å². The molecule has 0 N–H and O–H groups in total. The van der Waals surface area contributed by atoms with Crippen molar-refractivity contribution < 1.29 is 9.13 Å². The first kappa shape index (κ1) is 9.01. The van der Waals surface area contributed by atoms with Crippen LogP contribution < -0.4 is 0 Å². The number of nitrogens with zero attached hydrogens (tertiary/aromatic N) is 2. The highest BCUT2D eigenvalue weighted by atomic mass is 19.1. The van der Waals surface area contributed by atoms with E-state index in [9.17, 15) is 4.39 Å². The molecule has 0 saturated carbocycles. The summed E-state index contributed by atoms with van der Waals surface area (Å²) in [5.74, 6) is 0. The molecule has 3 nitrogen and oxygen atoms in total. The van der Waals surface area contributed by atoms with Gasteiger partial charge in [0.05, 0.1) is 0 Å². The summed E-state index contributed by atoms with van der Waals surface area (Å²) in [5.41, 5.74) is 0.468. The van der Waals surface area contributed by atoms with Crippen LogP contribution in [0.15, 0.2) is 11.8 Å². The Bertz CT molecular complexity index is 234. The molecule has 4 heteroatoms. The van der Waals surface area contributed by atoms with Crippen LogP contribution in [0.1, 0.15) is 6.42 Å². The fraction of sp³-hybridized carbons (Fsp3) is 0.625. The van der Waals surface area contributed by atoms with Crippen LogP contribution in [0.4, 0.5) is 4.39 Å². The zero-order valence-electron chi connectivity index (χ0n) is 7.12. The summed E-state index contributed by atoms with van der Waals surface area (Å²) >= 11 is 0. The van der Waals surface area contributed by atoms with Gasteiger partial charge in [0.2, 0.25) is 0 Å². The van der Waals surface area contributed by atoms with Gasteiger partial charge in [0, 0.05) is 20.6 Å². The first-order valence-corrected chi connectivity index (χ1v) is 3.70. The van der Waals surface area contributed by atoms with E-state index in [2.05, 4.69) is 0 Å². The Labute approximate surface area is 71.0 Å². The number of hydrogen-bond donors (Lipinski definition) is 0. The van der Waals surface area contributed by atoms with Crippen LogP contribution in [0.2, 0.25) is 0 Å². The van der Waals surface area contributed by atoms with Gasteiger partial charge in [-0.1, -0.05) is 0 Å². The van der Waals surface area contributed by atoms with Crippen molar-refractivity contribution in [3.63, 3.8) is 0 Å². The molecule has 66 valence electrons. The number of methoxy groups -OCH3 is 1. The fourth-order valence-corrected chi connectivity index (χ4v) is 1.29. The lowest BCUT2D eigenvalue weighted by molar-refractivity contribution is -0.0571. The van der Waals surface area contributed by atoms with Gasteiger partial charge in [-0.05, 0) is 6.08 Å². The molecule has 0 aliphatic carbocycles. The molecule has 2 unspecified atom stereocenters. The highest BCUT2D eigenvalue weighted by Gasteiger charge is 2.29. The number of hydrogen-bond acceptors (Lipinski definition) is 3. The number of nitriles is 1. The van der Waals surface area contributed by atoms with Crippen molar-refractivity contribution in [3.05, 3.63) is 11.8 Å². The topological polar surface area (TPSA) is 36.3 Å². The molecule has 0 bridgehead atoms. The standard InChI is InChI=1S/C8H11FN2O/c1-11-6(5-10)3-4-7(9)8(11)12-2/h3,7-8H,4H2,1-2H3. The molecule has 0 radical (unpaired) electrons. The van der Waals surface area contributed by atoms with Gasteiger partial charge in [-0.25, -0.2) is 4.39 Å². The average molecular weight is 170 g/mol. The maximum Gasteiger partial charge on any atom is 0.161 e. The molecule has 2 atom stereocenters. The third-order valence-electron chi connectivity index (χ3n) is 1.96. The van der Waals surface area contributed by atoms with Gasteiger partial charge in [-0.3, -0.25) is 0 Å². The second-order valence-corrected chi connectivity index (χ2v) is 2.69. The minimum Gasteiger partial charge on any atom is -0.358 e. The summed E-state index contributed by atoms with van der Waals surface area (Å²) in [4.78, 5) is 1.51. The summed E-state index contributed by atoms with van der Waals surface area (Å²) in [6.45, 7) is 0. The van der Waals surface area contributed by atoms with Crippen LogP contribution in [-0.4, -0.2) is 31.5 Å². The quantitative estimate of drug-likeness (QED) is 0.590. The van der Waals surface area contributed by atoms with Crippen molar-refractivity contribution in [1.29, 1.82) is 5.26 Å². The van der Waals surface area contributed by atoms with Crippen molar-refractivity contribution >= 4 is 0 Å². The average Bonchev–Trinajstić information content (AvgIpc) is 2.06. The zero-order valence-corrected chi connectivity index (χ0v) is 7.12. The second-order valence-electron chi connectivity index (χ2n) is 2.69. The van der Waals surface area contributed by atoms with Gasteiger partial charge in [-0.15, -0.1) is 0 Å². The summed E-state index contributed by atoms with van der Waals surface area (Å²) in [6.07, 6.45) is 0.174. The van der Waals surface area contributed by atoms with Gasteiger partial charge in [-0.2, -0.15) is 5.26 Å². The van der Waals surface area contributed by atoms with Crippen LogP contribution in [-0.2, 0) is 4.74 Å². The van der Waals surface area contributed by atoms with E-state index < -0.39 is 12.4 Å². The number of allylic oxidation sites excluding steroid dienone is 2. The Balaban J connectivity index is 2.81. The molecule has 0 amide bonds. The Hall–Kier alpha value is -1.08. The first-order valence-electron chi connectivity index (χ1n) is 3.70. The molecule has 12 heavy (non-hydrogen) atoms. The summed E-state index contributed by atoms with van der Waals surface area (Å²) in [6, 6.07) is 1.98. The molecular weight excluding hydrogens is 159 g/mol. The number of ether oxygens (including phenoxy) is 1. The molecular formula is C8H11FN2O. The second kappa shape index (κ2) is 3.55. The van der Waals surface area contributed by atoms with Crippen molar-refractivity contribution in [2.45, 2.75) is 18.8 Å². The third kappa shape index (κ3) is 1.41. The van der Waals surface area contributed by atoms with E-state index in [0.717, 1.165) is 0 Å². The Morgan fingerprint density at radius 1 is 1.83 bits per heavy atom. The minimum absolute atomic E-state index is 0.256. The lowest BCUT2D eigenvalue weighted by Gasteiger charge is -2.33. The molecule has 0 spiro atoms. The largest absolute Gasteiger partial charge is 0.358 e. The minimum atomic E-state index is -1.04. The summed E-state index contributed by atoms with van der Waals surface area (Å²) < 4.78 is 18.0. The van der Waals surface area contributed by atoms with Crippen LogP contribution in [0.5, 0.6) is 0 Å². The van der Waals surface area contributed by atoms with Crippen LogP contribution in [0, 0.1) is 11.3 Å². The van der Waals surface area contributed by atoms with Crippen molar-refractivity contribution in [2.24, 2.45) is 0 Å². The fourth-order valence-electron chi connectivity index (χ4n) is 1.29. The molecule has 0 aromatic heterocycles. The molecule has 1 heterocycles. The van der Waals surface area contributed by atoms with Gasteiger partial charge in [0.15, 0.2) is 6.23 Å². The highest BCUT2D eigenvalue weighted by molar-refractivity contribution is 5.22. The van der Waals surface area contributed by atoms with E-state index in [1.165, 1.54) is 12.0 Å². The monoisotopic (exact) mass is 170 g/mol. The van der Waals surface area contributed by atoms with E-state index >= 15 is 0 Å². The van der Waals surface area contributed by atoms with Gasteiger partial charge in [0.1, 0.15) is 17.9 Å². The van der Waals surface area contributed by atoms with Crippen molar-refractivity contribution in [1.82, 2.24) is 4.90 Å². The smallest absolute Gasteiger partial charge is 0.161 e. The summed E-state index contributed by atoms with van der Waals surface area (Å²) in [7, 11) is 3.09. The predicted molar refractivity (Wildman–Crippen MR) is 41.8 cm³/mol. The Kier molecular flexibility index (Phi) is 2.66. The zero-order chi connectivity index (χ0) is 9.14. The van der Waals surface area contributed by atoms with Crippen LogP contribution in [0.3, 0.4) is 0 Å². The van der Waals surface area contributed by atoms with Crippen LogP contribution >= 0.6 is 0 Å². The first-order chi connectivity index (χ1) is 5.70. The Morgan fingerprint density at radius 3 is 3.00 bits per heavy atom. The SMILES string of the molecule is COC1C(F)CC=C(C#N)N1C.